The number of anilines is 1. The average molecular weight is 345 g/mol. The van der Waals surface area contributed by atoms with E-state index in [9.17, 15) is 4.79 Å². The molecule has 3 heteroatoms. The van der Waals surface area contributed by atoms with Crippen LogP contribution in [0.4, 0.5) is 5.69 Å². The molecule has 132 valence electrons. The van der Waals surface area contributed by atoms with Crippen LogP contribution in [-0.4, -0.2) is 12.0 Å². The van der Waals surface area contributed by atoms with Crippen molar-refractivity contribution in [3.05, 3.63) is 70.8 Å². The van der Waals surface area contributed by atoms with Gasteiger partial charge < -0.3 is 10.1 Å². The van der Waals surface area contributed by atoms with Gasteiger partial charge in [0, 0.05) is 11.1 Å². The molecular formula is C23H23NO2. The van der Waals surface area contributed by atoms with Crippen LogP contribution in [0.5, 0.6) is 5.75 Å². The summed E-state index contributed by atoms with van der Waals surface area (Å²) in [5.74, 6) is 0.591. The van der Waals surface area contributed by atoms with Gasteiger partial charge in [0.2, 0.25) is 0 Å². The third-order valence-electron chi connectivity index (χ3n) is 5.01. The van der Waals surface area contributed by atoms with Gasteiger partial charge in [-0.25, -0.2) is 0 Å². The Kier molecular flexibility index (Phi) is 4.15. The molecule has 0 fully saturated rings. The number of hydrogen-bond acceptors (Lipinski definition) is 2. The van der Waals surface area contributed by atoms with Gasteiger partial charge in [-0.2, -0.15) is 0 Å². The van der Waals surface area contributed by atoms with E-state index < -0.39 is 6.10 Å². The molecule has 4 rings (SSSR count). The van der Waals surface area contributed by atoms with Crippen LogP contribution in [-0.2, 0) is 17.6 Å². The first-order chi connectivity index (χ1) is 12.5. The quantitative estimate of drug-likeness (QED) is 0.726. The third kappa shape index (κ3) is 3.05. The zero-order valence-corrected chi connectivity index (χ0v) is 15.4. The van der Waals surface area contributed by atoms with Crippen LogP contribution in [0.2, 0.25) is 0 Å². The minimum Gasteiger partial charge on any atom is -0.481 e. The number of amides is 1. The van der Waals surface area contributed by atoms with Gasteiger partial charge in [-0.15, -0.1) is 0 Å². The Balaban J connectivity index is 1.56. The number of nitrogens with one attached hydrogen (secondary N) is 1. The smallest absolute Gasteiger partial charge is 0.265 e. The molecule has 1 aliphatic carbocycles. The molecule has 1 atom stereocenters. The maximum atomic E-state index is 12.7. The van der Waals surface area contributed by atoms with Crippen LogP contribution < -0.4 is 10.1 Å². The molecule has 0 bridgehead atoms. The molecule has 1 amide bonds. The van der Waals surface area contributed by atoms with Crippen LogP contribution in [0.25, 0.3) is 10.8 Å². The Labute approximate surface area is 154 Å². The Morgan fingerprint density at radius 2 is 1.69 bits per heavy atom. The zero-order valence-electron chi connectivity index (χ0n) is 15.4. The lowest BCUT2D eigenvalue weighted by Crippen LogP contribution is -2.30. The number of hydrogen-bond donors (Lipinski definition) is 1. The number of benzene rings is 3. The Morgan fingerprint density at radius 1 is 1.00 bits per heavy atom. The second-order valence-electron chi connectivity index (χ2n) is 7.18. The first-order valence-electron chi connectivity index (χ1n) is 9.10. The van der Waals surface area contributed by atoms with Gasteiger partial charge in [-0.3, -0.25) is 4.79 Å². The van der Waals surface area contributed by atoms with Gasteiger partial charge in [0.25, 0.3) is 5.91 Å². The second-order valence-corrected chi connectivity index (χ2v) is 7.18. The highest BCUT2D eigenvalue weighted by molar-refractivity contribution is 6.06. The van der Waals surface area contributed by atoms with Gasteiger partial charge >= 0.3 is 0 Å². The molecule has 0 spiro atoms. The fourth-order valence-electron chi connectivity index (χ4n) is 3.85. The van der Waals surface area contributed by atoms with Crippen LogP contribution in [0.15, 0.2) is 48.5 Å². The lowest BCUT2D eigenvalue weighted by atomic mass is 10.0. The van der Waals surface area contributed by atoms with Gasteiger partial charge in [0.05, 0.1) is 0 Å². The van der Waals surface area contributed by atoms with Crippen molar-refractivity contribution in [2.45, 2.75) is 39.7 Å². The molecule has 0 aliphatic heterocycles. The number of rotatable bonds is 4. The van der Waals surface area contributed by atoms with E-state index in [2.05, 4.69) is 35.6 Å². The van der Waals surface area contributed by atoms with Crippen LogP contribution >= 0.6 is 0 Å². The molecule has 1 aliphatic rings. The first-order valence-corrected chi connectivity index (χ1v) is 9.10. The standard InChI is InChI=1S/C23H23NO2/c1-14-11-15(2)13-19(12-14)26-16(3)23(25)24-21-10-9-18-8-7-17-5-4-6-20(21)22(17)18/h4-6,9-13,16H,7-8H2,1-3H3,(H,24,25)/t16-/m1/s1. The molecule has 0 saturated heterocycles. The Bertz CT molecular complexity index is 976. The summed E-state index contributed by atoms with van der Waals surface area (Å²) in [6.45, 7) is 5.84. The average Bonchev–Trinajstić information content (AvgIpc) is 3.01. The normalized spacial score (nSPS) is 13.7. The van der Waals surface area contributed by atoms with Crippen molar-refractivity contribution in [1.82, 2.24) is 0 Å². The number of carbonyl (C=O) groups is 1. The Morgan fingerprint density at radius 3 is 2.42 bits per heavy atom. The third-order valence-corrected chi connectivity index (χ3v) is 5.01. The van der Waals surface area contributed by atoms with E-state index in [-0.39, 0.29) is 5.91 Å². The monoisotopic (exact) mass is 345 g/mol. The van der Waals surface area contributed by atoms with E-state index in [0.717, 1.165) is 40.8 Å². The number of ether oxygens (including phenoxy) is 1. The lowest BCUT2D eigenvalue weighted by molar-refractivity contribution is -0.122. The summed E-state index contributed by atoms with van der Waals surface area (Å²) in [5.41, 5.74) is 5.84. The fourth-order valence-corrected chi connectivity index (χ4v) is 3.85. The van der Waals surface area contributed by atoms with Crippen molar-refractivity contribution in [2.24, 2.45) is 0 Å². The SMILES string of the molecule is Cc1cc(C)cc(O[C@H](C)C(=O)Nc2ccc3c4c(cccc24)CC3)c1. The molecule has 3 aromatic rings. The number of aryl methyl sites for hydroxylation is 4. The maximum Gasteiger partial charge on any atom is 0.265 e. The fraction of sp³-hybridized carbons (Fsp3) is 0.261. The Hall–Kier alpha value is -2.81. The summed E-state index contributed by atoms with van der Waals surface area (Å²) >= 11 is 0. The highest BCUT2D eigenvalue weighted by Crippen LogP contribution is 2.35. The molecule has 0 saturated carbocycles. The van der Waals surface area contributed by atoms with E-state index in [4.69, 9.17) is 4.74 Å². The highest BCUT2D eigenvalue weighted by atomic mass is 16.5. The summed E-state index contributed by atoms with van der Waals surface area (Å²) in [6, 6.07) is 16.5. The summed E-state index contributed by atoms with van der Waals surface area (Å²) in [7, 11) is 0. The van der Waals surface area contributed by atoms with Crippen LogP contribution in [0.1, 0.15) is 29.2 Å². The molecule has 0 unspecified atom stereocenters. The second kappa shape index (κ2) is 6.49. The van der Waals surface area contributed by atoms with Crippen molar-refractivity contribution in [1.29, 1.82) is 0 Å². The molecule has 1 N–H and O–H groups in total. The molecule has 0 heterocycles. The number of carbonyl (C=O) groups excluding carboxylic acids is 1. The minimum atomic E-state index is -0.570. The summed E-state index contributed by atoms with van der Waals surface area (Å²) in [6.07, 6.45) is 1.59. The molecule has 3 nitrogen and oxygen atoms in total. The van der Waals surface area contributed by atoms with E-state index >= 15 is 0 Å². The largest absolute Gasteiger partial charge is 0.481 e. The molecule has 3 aromatic carbocycles. The van der Waals surface area contributed by atoms with Gasteiger partial charge in [-0.1, -0.05) is 30.3 Å². The molecular weight excluding hydrogens is 322 g/mol. The lowest BCUT2D eigenvalue weighted by Gasteiger charge is -2.17. The molecule has 0 radical (unpaired) electrons. The van der Waals surface area contributed by atoms with Crippen LogP contribution in [0.3, 0.4) is 0 Å². The zero-order chi connectivity index (χ0) is 18.3. The topological polar surface area (TPSA) is 38.3 Å². The molecule has 26 heavy (non-hydrogen) atoms. The predicted molar refractivity (Wildman–Crippen MR) is 106 cm³/mol. The van der Waals surface area contributed by atoms with E-state index in [0.29, 0.717) is 0 Å². The van der Waals surface area contributed by atoms with Crippen molar-refractivity contribution in [2.75, 3.05) is 5.32 Å². The summed E-state index contributed by atoms with van der Waals surface area (Å²) in [5, 5.41) is 5.47. The van der Waals surface area contributed by atoms with Crippen molar-refractivity contribution < 1.29 is 9.53 Å². The van der Waals surface area contributed by atoms with E-state index in [1.165, 1.54) is 16.5 Å². The van der Waals surface area contributed by atoms with Crippen molar-refractivity contribution in [3.63, 3.8) is 0 Å². The maximum absolute atomic E-state index is 12.7. The summed E-state index contributed by atoms with van der Waals surface area (Å²) < 4.78 is 5.87. The predicted octanol–water partition coefficient (Wildman–Crippen LogP) is 4.96. The van der Waals surface area contributed by atoms with Gasteiger partial charge in [0.15, 0.2) is 6.10 Å². The van der Waals surface area contributed by atoms with Gasteiger partial charge in [-0.05, 0) is 79.5 Å². The molecule has 0 aromatic heterocycles. The minimum absolute atomic E-state index is 0.136. The van der Waals surface area contributed by atoms with E-state index in [1.54, 1.807) is 6.92 Å². The van der Waals surface area contributed by atoms with Crippen molar-refractivity contribution in [3.8, 4) is 5.75 Å². The first kappa shape index (κ1) is 16.6. The summed E-state index contributed by atoms with van der Waals surface area (Å²) in [4.78, 5) is 12.7. The van der Waals surface area contributed by atoms with Gasteiger partial charge in [0.1, 0.15) is 5.75 Å². The highest BCUT2D eigenvalue weighted by Gasteiger charge is 2.19. The van der Waals surface area contributed by atoms with Crippen molar-refractivity contribution >= 4 is 22.4 Å². The van der Waals surface area contributed by atoms with Crippen LogP contribution in [0, 0.1) is 13.8 Å². The van der Waals surface area contributed by atoms with E-state index in [1.807, 2.05) is 32.0 Å².